The summed E-state index contributed by atoms with van der Waals surface area (Å²) in [5, 5.41) is 16.7. The monoisotopic (exact) mass is 736 g/mol. The fourth-order valence-corrected chi connectivity index (χ4v) is 9.73. The summed E-state index contributed by atoms with van der Waals surface area (Å²) in [5.41, 5.74) is 10.7. The lowest BCUT2D eigenvalue weighted by atomic mass is 9.85. The Bertz CT molecular complexity index is 3800. The van der Waals surface area contributed by atoms with E-state index in [1.807, 2.05) is 0 Å². The van der Waals surface area contributed by atoms with Gasteiger partial charge in [0.1, 0.15) is 22.3 Å². The Labute approximate surface area is 332 Å². The van der Waals surface area contributed by atoms with Crippen molar-refractivity contribution < 1.29 is 8.83 Å². The van der Waals surface area contributed by atoms with Crippen molar-refractivity contribution in [1.82, 2.24) is 0 Å². The van der Waals surface area contributed by atoms with Gasteiger partial charge in [-0.1, -0.05) is 152 Å². The zero-order valence-electron chi connectivity index (χ0n) is 31.3. The Morgan fingerprint density at radius 3 is 1.59 bits per heavy atom. The van der Waals surface area contributed by atoms with Gasteiger partial charge in [0.05, 0.1) is 0 Å². The number of hydrogen-bond donors (Lipinski definition) is 0. The third-order valence-corrected chi connectivity index (χ3v) is 12.4. The molecule has 0 aliphatic heterocycles. The van der Waals surface area contributed by atoms with Gasteiger partial charge in [-0.05, 0) is 124 Å². The van der Waals surface area contributed by atoms with Gasteiger partial charge in [-0.3, -0.25) is 0 Å². The minimum absolute atomic E-state index is 0.881. The second-order valence-corrected chi connectivity index (χ2v) is 15.6. The van der Waals surface area contributed by atoms with Gasteiger partial charge in [0.25, 0.3) is 0 Å². The van der Waals surface area contributed by atoms with Crippen molar-refractivity contribution in [2.24, 2.45) is 0 Å². The van der Waals surface area contributed by atoms with E-state index in [9.17, 15) is 0 Å². The summed E-state index contributed by atoms with van der Waals surface area (Å²) in [6.45, 7) is 0. The van der Waals surface area contributed by atoms with Crippen molar-refractivity contribution in [3.63, 3.8) is 0 Å². The van der Waals surface area contributed by atoms with E-state index in [0.29, 0.717) is 0 Å². The Balaban J connectivity index is 0.986. The van der Waals surface area contributed by atoms with E-state index < -0.39 is 0 Å². The van der Waals surface area contributed by atoms with Crippen LogP contribution < -0.4 is 0 Å². The predicted molar refractivity (Wildman–Crippen MR) is 245 cm³/mol. The van der Waals surface area contributed by atoms with Crippen LogP contribution in [0, 0.1) is 0 Å². The summed E-state index contributed by atoms with van der Waals surface area (Å²) in [4.78, 5) is 0. The van der Waals surface area contributed by atoms with Crippen molar-refractivity contribution in [1.29, 1.82) is 0 Å². The minimum Gasteiger partial charge on any atom is -0.456 e. The lowest BCUT2D eigenvalue weighted by Gasteiger charge is -2.18. The van der Waals surface area contributed by atoms with E-state index in [2.05, 4.69) is 194 Å². The highest BCUT2D eigenvalue weighted by molar-refractivity contribution is 6.23. The van der Waals surface area contributed by atoms with E-state index in [1.54, 1.807) is 0 Å². The highest BCUT2D eigenvalue weighted by atomic mass is 16.3. The normalized spacial score (nSPS) is 12.1. The van der Waals surface area contributed by atoms with Crippen molar-refractivity contribution >= 4 is 97.7 Å². The zero-order chi connectivity index (χ0) is 37.9. The summed E-state index contributed by atoms with van der Waals surface area (Å²) in [7, 11) is 0. The molecule has 13 aromatic rings. The summed E-state index contributed by atoms with van der Waals surface area (Å²) in [6.07, 6.45) is 0. The number of furan rings is 2. The lowest BCUT2D eigenvalue weighted by Crippen LogP contribution is -1.91. The van der Waals surface area contributed by atoms with Crippen LogP contribution in [0.25, 0.3) is 131 Å². The fourth-order valence-electron chi connectivity index (χ4n) is 9.73. The molecule has 268 valence electrons. The lowest BCUT2D eigenvalue weighted by molar-refractivity contribution is 0.669. The van der Waals surface area contributed by atoms with E-state index in [-0.39, 0.29) is 0 Å². The minimum atomic E-state index is 0.881. The molecule has 0 saturated heterocycles. The van der Waals surface area contributed by atoms with Gasteiger partial charge in [-0.25, -0.2) is 0 Å². The predicted octanol–water partition coefficient (Wildman–Crippen LogP) is 16.3. The maximum Gasteiger partial charge on any atom is 0.143 e. The van der Waals surface area contributed by atoms with Crippen LogP contribution in [0.5, 0.6) is 0 Å². The maximum atomic E-state index is 6.78. The standard InChI is InChI=1S/C56H32O2/c1-2-12-35-28-38(23-20-33(35)10-1)53-43-14-5-7-16-45(43)54(46-17-8-6-15-44(46)53)39-25-26-50-48(30-39)47-19-9-18-42(56(47)58-50)37-22-21-36-32-52-49(31-40(36)29-37)55-41-13-4-3-11-34(41)24-27-51(55)57-52/h1-32H. The highest BCUT2D eigenvalue weighted by Crippen LogP contribution is 2.46. The summed E-state index contributed by atoms with van der Waals surface area (Å²) < 4.78 is 13.2. The smallest absolute Gasteiger partial charge is 0.143 e. The van der Waals surface area contributed by atoms with E-state index in [0.717, 1.165) is 55.0 Å². The number of benzene rings is 11. The Morgan fingerprint density at radius 1 is 0.259 bits per heavy atom. The molecular weight excluding hydrogens is 705 g/mol. The van der Waals surface area contributed by atoms with Gasteiger partial charge in [-0.2, -0.15) is 0 Å². The number of para-hydroxylation sites is 1. The van der Waals surface area contributed by atoms with Crippen LogP contribution in [-0.2, 0) is 0 Å². The van der Waals surface area contributed by atoms with Crippen molar-refractivity contribution in [3.8, 4) is 33.4 Å². The third-order valence-electron chi connectivity index (χ3n) is 12.4. The molecule has 2 aromatic heterocycles. The van der Waals surface area contributed by atoms with Gasteiger partial charge in [0, 0.05) is 27.1 Å². The van der Waals surface area contributed by atoms with Crippen LogP contribution in [0.3, 0.4) is 0 Å². The average molecular weight is 737 g/mol. The molecule has 0 atom stereocenters. The molecule has 0 bridgehead atoms. The number of hydrogen-bond acceptors (Lipinski definition) is 2. The topological polar surface area (TPSA) is 26.3 Å². The van der Waals surface area contributed by atoms with E-state index in [1.165, 1.54) is 76.1 Å². The van der Waals surface area contributed by atoms with Gasteiger partial charge < -0.3 is 8.83 Å². The molecule has 2 heteroatoms. The van der Waals surface area contributed by atoms with Crippen LogP contribution >= 0.6 is 0 Å². The third kappa shape index (κ3) is 4.54. The van der Waals surface area contributed by atoms with Gasteiger partial charge in [0.2, 0.25) is 0 Å². The Morgan fingerprint density at radius 2 is 0.810 bits per heavy atom. The molecule has 0 amide bonds. The molecule has 0 aliphatic carbocycles. The SMILES string of the molecule is c1ccc2cc(-c3c4ccccc4c(-c4ccc5oc6c(-c7ccc8cc9oc%10ccc%11ccccc%11c%10c9cc8c7)cccc6c5c4)c4ccccc34)ccc2c1. The summed E-state index contributed by atoms with van der Waals surface area (Å²) in [5.74, 6) is 0. The molecule has 0 aliphatic rings. The van der Waals surface area contributed by atoms with E-state index >= 15 is 0 Å². The van der Waals surface area contributed by atoms with E-state index in [4.69, 9.17) is 8.83 Å². The van der Waals surface area contributed by atoms with Crippen LogP contribution in [0.4, 0.5) is 0 Å². The molecule has 0 saturated carbocycles. The molecular formula is C56H32O2. The second kappa shape index (κ2) is 11.9. The van der Waals surface area contributed by atoms with Crippen LogP contribution in [0.15, 0.2) is 203 Å². The summed E-state index contributed by atoms with van der Waals surface area (Å²) >= 11 is 0. The maximum absolute atomic E-state index is 6.78. The molecule has 2 nitrogen and oxygen atoms in total. The molecule has 0 N–H and O–H groups in total. The van der Waals surface area contributed by atoms with Gasteiger partial charge in [-0.15, -0.1) is 0 Å². The first-order valence-electron chi connectivity index (χ1n) is 19.9. The molecule has 0 unspecified atom stereocenters. The molecule has 11 aromatic carbocycles. The first-order chi connectivity index (χ1) is 28.7. The van der Waals surface area contributed by atoms with Crippen LogP contribution in [0.2, 0.25) is 0 Å². The van der Waals surface area contributed by atoms with Crippen molar-refractivity contribution in [2.45, 2.75) is 0 Å². The van der Waals surface area contributed by atoms with Crippen molar-refractivity contribution in [3.05, 3.63) is 194 Å². The summed E-state index contributed by atoms with van der Waals surface area (Å²) in [6, 6.07) is 70.4. The molecule has 0 radical (unpaired) electrons. The molecule has 0 fully saturated rings. The fraction of sp³-hybridized carbons (Fsp3) is 0. The molecule has 2 heterocycles. The average Bonchev–Trinajstić information content (AvgIpc) is 3.84. The highest BCUT2D eigenvalue weighted by Gasteiger charge is 2.20. The number of rotatable bonds is 3. The van der Waals surface area contributed by atoms with Gasteiger partial charge >= 0.3 is 0 Å². The Kier molecular flexibility index (Phi) is 6.47. The quantitative estimate of drug-likeness (QED) is 0.169. The van der Waals surface area contributed by atoms with Crippen LogP contribution in [-0.4, -0.2) is 0 Å². The molecule has 0 spiro atoms. The van der Waals surface area contributed by atoms with Gasteiger partial charge in [0.15, 0.2) is 0 Å². The molecule has 58 heavy (non-hydrogen) atoms. The first-order valence-corrected chi connectivity index (χ1v) is 19.9. The van der Waals surface area contributed by atoms with Crippen LogP contribution in [0.1, 0.15) is 0 Å². The Hall–Kier alpha value is -7.68. The second-order valence-electron chi connectivity index (χ2n) is 15.6. The van der Waals surface area contributed by atoms with Crippen molar-refractivity contribution in [2.75, 3.05) is 0 Å². The number of fused-ring (bicyclic) bond motifs is 12. The molecule has 13 rings (SSSR count). The zero-order valence-corrected chi connectivity index (χ0v) is 31.3. The largest absolute Gasteiger partial charge is 0.456 e. The first kappa shape index (κ1) is 31.5.